The van der Waals surface area contributed by atoms with Crippen molar-refractivity contribution in [1.29, 1.82) is 0 Å². The summed E-state index contributed by atoms with van der Waals surface area (Å²) in [6.45, 7) is 6.53. The number of thioether (sulfide) groups is 1. The van der Waals surface area contributed by atoms with Gasteiger partial charge in [0.05, 0.1) is 24.2 Å². The minimum atomic E-state index is -0.295. The van der Waals surface area contributed by atoms with Crippen LogP contribution in [0.5, 0.6) is 11.5 Å². The molecule has 7 heteroatoms. The highest BCUT2D eigenvalue weighted by atomic mass is 79.9. The minimum Gasteiger partial charge on any atom is -0.490 e. The Labute approximate surface area is 183 Å². The Morgan fingerprint density at radius 1 is 1.14 bits per heavy atom. The summed E-state index contributed by atoms with van der Waals surface area (Å²) in [5.74, 6) is 0.972. The van der Waals surface area contributed by atoms with Crippen molar-refractivity contribution in [2.75, 3.05) is 6.61 Å². The molecule has 3 rings (SSSR count). The van der Waals surface area contributed by atoms with E-state index in [1.54, 1.807) is 6.08 Å². The van der Waals surface area contributed by atoms with Crippen LogP contribution in [0, 0.1) is 0 Å². The summed E-state index contributed by atoms with van der Waals surface area (Å²) in [6.07, 6.45) is 1.74. The second-order valence-corrected chi connectivity index (χ2v) is 8.51. The number of imide groups is 1. The predicted molar refractivity (Wildman–Crippen MR) is 119 cm³/mol. The van der Waals surface area contributed by atoms with Crippen molar-refractivity contribution >= 4 is 44.9 Å². The highest BCUT2D eigenvalue weighted by Gasteiger charge is 2.35. The second kappa shape index (κ2) is 9.50. The SMILES string of the molecule is CCOc1cc(/C=C2/SC(=O)N(Cc3ccccc3Br)C2=O)ccc1OC(C)C. The van der Waals surface area contributed by atoms with Crippen molar-refractivity contribution in [2.45, 2.75) is 33.4 Å². The molecule has 152 valence electrons. The molecule has 2 amide bonds. The second-order valence-electron chi connectivity index (χ2n) is 6.67. The Balaban J connectivity index is 1.83. The number of halogens is 1. The maximum Gasteiger partial charge on any atom is 0.293 e. The van der Waals surface area contributed by atoms with Crippen molar-refractivity contribution in [3.63, 3.8) is 0 Å². The van der Waals surface area contributed by atoms with Gasteiger partial charge in [0.15, 0.2) is 11.5 Å². The molecule has 1 heterocycles. The van der Waals surface area contributed by atoms with Gasteiger partial charge in [0, 0.05) is 4.47 Å². The molecule has 1 saturated heterocycles. The molecule has 0 N–H and O–H groups in total. The standard InChI is InChI=1S/C22H22BrNO4S/c1-4-27-19-11-15(9-10-18(19)28-14(2)3)12-20-21(25)24(22(26)29-20)13-16-7-5-6-8-17(16)23/h5-12,14H,4,13H2,1-3H3/b20-12+. The largest absolute Gasteiger partial charge is 0.490 e. The number of nitrogens with zero attached hydrogens (tertiary/aromatic N) is 1. The number of benzene rings is 2. The third kappa shape index (κ3) is 5.22. The van der Waals surface area contributed by atoms with Crippen LogP contribution in [-0.4, -0.2) is 28.8 Å². The zero-order valence-electron chi connectivity index (χ0n) is 16.5. The van der Waals surface area contributed by atoms with Gasteiger partial charge < -0.3 is 9.47 Å². The summed E-state index contributed by atoms with van der Waals surface area (Å²) in [5, 5.41) is -0.276. The van der Waals surface area contributed by atoms with Gasteiger partial charge in [-0.25, -0.2) is 0 Å². The first-order valence-corrected chi connectivity index (χ1v) is 10.9. The molecule has 1 aliphatic heterocycles. The smallest absolute Gasteiger partial charge is 0.293 e. The molecular weight excluding hydrogens is 454 g/mol. The van der Waals surface area contributed by atoms with E-state index in [9.17, 15) is 9.59 Å². The third-order valence-electron chi connectivity index (χ3n) is 4.09. The van der Waals surface area contributed by atoms with E-state index in [1.807, 2.05) is 63.2 Å². The number of amides is 2. The molecule has 2 aromatic rings. The lowest BCUT2D eigenvalue weighted by Crippen LogP contribution is -2.27. The number of hydrogen-bond donors (Lipinski definition) is 0. The van der Waals surface area contributed by atoms with Gasteiger partial charge in [0.1, 0.15) is 0 Å². The summed E-state index contributed by atoms with van der Waals surface area (Å²) >= 11 is 4.41. The van der Waals surface area contributed by atoms with Gasteiger partial charge in [-0.2, -0.15) is 0 Å². The van der Waals surface area contributed by atoms with Crippen molar-refractivity contribution in [3.8, 4) is 11.5 Å². The van der Waals surface area contributed by atoms with Crippen molar-refractivity contribution in [3.05, 3.63) is 63.0 Å². The monoisotopic (exact) mass is 475 g/mol. The molecule has 0 bridgehead atoms. The van der Waals surface area contributed by atoms with Crippen LogP contribution in [0.4, 0.5) is 4.79 Å². The van der Waals surface area contributed by atoms with Crippen LogP contribution < -0.4 is 9.47 Å². The Morgan fingerprint density at radius 2 is 1.90 bits per heavy atom. The maximum absolute atomic E-state index is 12.8. The average Bonchev–Trinajstić information content (AvgIpc) is 2.93. The van der Waals surface area contributed by atoms with Crippen LogP contribution >= 0.6 is 27.7 Å². The molecule has 2 aromatic carbocycles. The molecule has 0 aromatic heterocycles. The van der Waals surface area contributed by atoms with Crippen LogP contribution in [0.3, 0.4) is 0 Å². The van der Waals surface area contributed by atoms with E-state index in [1.165, 1.54) is 4.90 Å². The molecule has 0 unspecified atom stereocenters. The molecule has 29 heavy (non-hydrogen) atoms. The first kappa shape index (κ1) is 21.5. The summed E-state index contributed by atoms with van der Waals surface area (Å²) < 4.78 is 12.3. The summed E-state index contributed by atoms with van der Waals surface area (Å²) in [6, 6.07) is 13.0. The molecule has 1 fully saturated rings. The van der Waals surface area contributed by atoms with Gasteiger partial charge >= 0.3 is 0 Å². The number of carbonyl (C=O) groups is 2. The van der Waals surface area contributed by atoms with Gasteiger partial charge in [-0.3, -0.25) is 14.5 Å². The third-order valence-corrected chi connectivity index (χ3v) is 5.77. The zero-order valence-corrected chi connectivity index (χ0v) is 18.9. The van der Waals surface area contributed by atoms with Crippen LogP contribution in [0.1, 0.15) is 31.9 Å². The average molecular weight is 476 g/mol. The first-order chi connectivity index (χ1) is 13.9. The van der Waals surface area contributed by atoms with E-state index in [0.717, 1.165) is 27.4 Å². The molecule has 5 nitrogen and oxygen atoms in total. The van der Waals surface area contributed by atoms with Crippen LogP contribution in [0.2, 0.25) is 0 Å². The quantitative estimate of drug-likeness (QED) is 0.468. The van der Waals surface area contributed by atoms with E-state index >= 15 is 0 Å². The van der Waals surface area contributed by atoms with E-state index in [2.05, 4.69) is 15.9 Å². The highest BCUT2D eigenvalue weighted by Crippen LogP contribution is 2.36. The molecule has 0 radical (unpaired) electrons. The predicted octanol–water partition coefficient (Wildman–Crippen LogP) is 5.87. The minimum absolute atomic E-state index is 0.0221. The number of carbonyl (C=O) groups excluding carboxylic acids is 2. The van der Waals surface area contributed by atoms with E-state index in [0.29, 0.717) is 23.0 Å². The van der Waals surface area contributed by atoms with Gasteiger partial charge in [-0.1, -0.05) is 40.2 Å². The van der Waals surface area contributed by atoms with Crippen molar-refractivity contribution in [2.24, 2.45) is 0 Å². The van der Waals surface area contributed by atoms with Crippen LogP contribution in [0.25, 0.3) is 6.08 Å². The molecule has 0 saturated carbocycles. The molecular formula is C22H22BrNO4S. The number of rotatable bonds is 7. The fraction of sp³-hybridized carbons (Fsp3) is 0.273. The Bertz CT molecular complexity index is 958. The van der Waals surface area contributed by atoms with E-state index in [4.69, 9.17) is 9.47 Å². The Morgan fingerprint density at radius 3 is 2.59 bits per heavy atom. The fourth-order valence-electron chi connectivity index (χ4n) is 2.82. The zero-order chi connectivity index (χ0) is 21.0. The molecule has 0 aliphatic carbocycles. The number of ether oxygens (including phenoxy) is 2. The molecule has 1 aliphatic rings. The first-order valence-electron chi connectivity index (χ1n) is 9.31. The highest BCUT2D eigenvalue weighted by molar-refractivity contribution is 9.10. The fourth-order valence-corrected chi connectivity index (χ4v) is 4.07. The normalized spacial score (nSPS) is 15.5. The van der Waals surface area contributed by atoms with Gasteiger partial charge in [0.2, 0.25) is 0 Å². The summed E-state index contributed by atoms with van der Waals surface area (Å²) in [4.78, 5) is 26.9. The molecule has 0 atom stereocenters. The maximum atomic E-state index is 12.8. The van der Waals surface area contributed by atoms with E-state index < -0.39 is 0 Å². The lowest BCUT2D eigenvalue weighted by Gasteiger charge is -2.15. The lowest BCUT2D eigenvalue weighted by atomic mass is 10.1. The van der Waals surface area contributed by atoms with Crippen molar-refractivity contribution in [1.82, 2.24) is 4.90 Å². The van der Waals surface area contributed by atoms with Crippen molar-refractivity contribution < 1.29 is 19.1 Å². The van der Waals surface area contributed by atoms with E-state index in [-0.39, 0.29) is 23.8 Å². The Kier molecular flexibility index (Phi) is 7.03. The van der Waals surface area contributed by atoms with Crippen LogP contribution in [-0.2, 0) is 11.3 Å². The summed E-state index contributed by atoms with van der Waals surface area (Å²) in [5.41, 5.74) is 1.65. The summed E-state index contributed by atoms with van der Waals surface area (Å²) in [7, 11) is 0. The number of hydrogen-bond acceptors (Lipinski definition) is 5. The van der Waals surface area contributed by atoms with Gasteiger partial charge in [-0.15, -0.1) is 0 Å². The van der Waals surface area contributed by atoms with Gasteiger partial charge in [0.25, 0.3) is 11.1 Å². The van der Waals surface area contributed by atoms with Crippen LogP contribution in [0.15, 0.2) is 51.8 Å². The lowest BCUT2D eigenvalue weighted by molar-refractivity contribution is -0.123. The van der Waals surface area contributed by atoms with Gasteiger partial charge in [-0.05, 0) is 67.9 Å². The topological polar surface area (TPSA) is 55.8 Å². The molecule has 0 spiro atoms. The Hall–Kier alpha value is -2.25.